The van der Waals surface area contributed by atoms with Crippen LogP contribution in [0.2, 0.25) is 0 Å². The standard InChI is InChI=1S/C31H30Cl2N2O6/c1-3-17-4-8-19(9-5-17)35-26(37)22-13-12-21-23(24(22)27(35)38)16-30(32)28(39)34(2)29(40)31(30,33)25(21)18-6-10-20(11-7-18)41-15-14-36/h4-12,22-25,36H,3,13-16H2,1-2H3. The zero-order valence-corrected chi connectivity index (χ0v) is 24.2. The summed E-state index contributed by atoms with van der Waals surface area (Å²) in [6.07, 6.45) is 3.00. The molecule has 0 radical (unpaired) electrons. The van der Waals surface area contributed by atoms with Gasteiger partial charge in [0.15, 0.2) is 9.75 Å². The summed E-state index contributed by atoms with van der Waals surface area (Å²) in [5, 5.41) is 9.10. The number of aliphatic hydroxyl groups excluding tert-OH is 1. The molecule has 0 bridgehead atoms. The van der Waals surface area contributed by atoms with Gasteiger partial charge >= 0.3 is 0 Å². The fourth-order valence-corrected chi connectivity index (χ4v) is 8.19. The van der Waals surface area contributed by atoms with Crippen molar-refractivity contribution >= 4 is 52.5 Å². The Morgan fingerprint density at radius 2 is 1.63 bits per heavy atom. The van der Waals surface area contributed by atoms with E-state index >= 15 is 0 Å². The minimum Gasteiger partial charge on any atom is -0.491 e. The van der Waals surface area contributed by atoms with Crippen molar-refractivity contribution in [3.8, 4) is 5.75 Å². The fraction of sp³-hybridized carbons (Fsp3) is 0.419. The van der Waals surface area contributed by atoms with Gasteiger partial charge in [-0.25, -0.2) is 0 Å². The van der Waals surface area contributed by atoms with Gasteiger partial charge in [0.05, 0.1) is 24.1 Å². The van der Waals surface area contributed by atoms with E-state index in [1.807, 2.05) is 25.1 Å². The van der Waals surface area contributed by atoms with Gasteiger partial charge in [0, 0.05) is 13.0 Å². The second-order valence-corrected chi connectivity index (χ2v) is 12.4. The van der Waals surface area contributed by atoms with Crippen molar-refractivity contribution in [3.05, 3.63) is 71.3 Å². The number of hydrogen-bond donors (Lipinski definition) is 1. The molecule has 6 atom stereocenters. The van der Waals surface area contributed by atoms with E-state index in [-0.39, 0.29) is 31.4 Å². The number of allylic oxidation sites excluding steroid dienone is 2. The number of benzene rings is 2. The van der Waals surface area contributed by atoms with Gasteiger partial charge in [-0.15, -0.1) is 23.2 Å². The van der Waals surface area contributed by atoms with Crippen molar-refractivity contribution in [1.82, 2.24) is 4.90 Å². The van der Waals surface area contributed by atoms with E-state index in [2.05, 4.69) is 0 Å². The molecular weight excluding hydrogens is 567 g/mol. The maximum absolute atomic E-state index is 14.0. The predicted molar refractivity (Wildman–Crippen MR) is 153 cm³/mol. The van der Waals surface area contributed by atoms with Crippen molar-refractivity contribution in [1.29, 1.82) is 0 Å². The number of rotatable bonds is 6. The number of anilines is 1. The molecule has 2 aromatic rings. The quantitative estimate of drug-likeness (QED) is 0.309. The molecule has 8 nitrogen and oxygen atoms in total. The van der Waals surface area contributed by atoms with Gasteiger partial charge in [0.2, 0.25) is 11.8 Å². The summed E-state index contributed by atoms with van der Waals surface area (Å²) >= 11 is 14.4. The molecule has 41 heavy (non-hydrogen) atoms. The zero-order valence-electron chi connectivity index (χ0n) is 22.7. The third-order valence-corrected chi connectivity index (χ3v) is 10.6. The molecule has 0 spiro atoms. The second kappa shape index (κ2) is 9.96. The average Bonchev–Trinajstić information content (AvgIpc) is 3.31. The summed E-state index contributed by atoms with van der Waals surface area (Å²) in [7, 11) is 1.37. The van der Waals surface area contributed by atoms with Gasteiger partial charge in [-0.1, -0.05) is 42.8 Å². The number of alkyl halides is 2. The van der Waals surface area contributed by atoms with Gasteiger partial charge in [0.1, 0.15) is 12.4 Å². The van der Waals surface area contributed by atoms with Crippen molar-refractivity contribution in [3.63, 3.8) is 0 Å². The molecule has 2 aromatic carbocycles. The summed E-state index contributed by atoms with van der Waals surface area (Å²) < 4.78 is 5.50. The lowest BCUT2D eigenvalue weighted by atomic mass is 9.56. The lowest BCUT2D eigenvalue weighted by molar-refractivity contribution is -0.138. The van der Waals surface area contributed by atoms with E-state index in [9.17, 15) is 19.2 Å². The van der Waals surface area contributed by atoms with Crippen molar-refractivity contribution in [2.75, 3.05) is 25.2 Å². The van der Waals surface area contributed by atoms with Gasteiger partial charge in [0.25, 0.3) is 11.8 Å². The SMILES string of the molecule is CCc1ccc(N2C(=O)C3CC=C4C(CC5(Cl)C(=O)N(C)C(=O)C5(Cl)C4c4ccc(OCCO)cc4)C3C2=O)cc1. The summed E-state index contributed by atoms with van der Waals surface area (Å²) in [5.74, 6) is -4.06. The molecule has 1 N–H and O–H groups in total. The van der Waals surface area contributed by atoms with Crippen LogP contribution in [0.1, 0.15) is 36.8 Å². The number of aliphatic hydroxyl groups is 1. The molecule has 3 fully saturated rings. The third kappa shape index (κ3) is 3.84. The average molecular weight is 597 g/mol. The first-order chi connectivity index (χ1) is 19.6. The summed E-state index contributed by atoms with van der Waals surface area (Å²) in [6, 6.07) is 14.3. The molecular formula is C31H30Cl2N2O6. The number of aryl methyl sites for hydroxylation is 1. The van der Waals surface area contributed by atoms with E-state index in [4.69, 9.17) is 33.0 Å². The van der Waals surface area contributed by atoms with E-state index in [1.54, 1.807) is 36.4 Å². The molecule has 214 valence electrons. The number of amides is 4. The number of fused-ring (bicyclic) bond motifs is 4. The Morgan fingerprint density at radius 3 is 2.27 bits per heavy atom. The van der Waals surface area contributed by atoms with E-state index in [1.165, 1.54) is 11.9 Å². The number of carbonyl (C=O) groups is 4. The normalized spacial score (nSPS) is 32.6. The largest absolute Gasteiger partial charge is 0.491 e. The van der Waals surface area contributed by atoms with E-state index in [0.717, 1.165) is 22.5 Å². The number of halogens is 2. The maximum atomic E-state index is 14.0. The number of likely N-dealkylation sites (tertiary alicyclic amines) is 1. The van der Waals surface area contributed by atoms with Crippen LogP contribution in [0.4, 0.5) is 5.69 Å². The van der Waals surface area contributed by atoms with Gasteiger partial charge < -0.3 is 9.84 Å². The van der Waals surface area contributed by atoms with Crippen LogP contribution >= 0.6 is 23.2 Å². The Balaban J connectivity index is 1.45. The molecule has 6 rings (SSSR count). The summed E-state index contributed by atoms with van der Waals surface area (Å²) in [6.45, 7) is 2.01. The van der Waals surface area contributed by atoms with Crippen molar-refractivity contribution < 1.29 is 29.0 Å². The molecule has 2 aliphatic carbocycles. The Kier molecular flexibility index (Phi) is 6.79. The lowest BCUT2D eigenvalue weighted by Gasteiger charge is -2.50. The van der Waals surface area contributed by atoms with Crippen LogP contribution in [0.25, 0.3) is 0 Å². The number of hydrogen-bond acceptors (Lipinski definition) is 6. The zero-order chi connectivity index (χ0) is 29.3. The van der Waals surface area contributed by atoms with Gasteiger partial charge in [-0.2, -0.15) is 0 Å². The second-order valence-electron chi connectivity index (χ2n) is 11.2. The highest BCUT2D eigenvalue weighted by Gasteiger charge is 2.75. The first-order valence-corrected chi connectivity index (χ1v) is 14.5. The molecule has 2 heterocycles. The smallest absolute Gasteiger partial charge is 0.253 e. The number of nitrogens with zero attached hydrogens (tertiary/aromatic N) is 2. The minimum atomic E-state index is -1.83. The van der Waals surface area contributed by atoms with Gasteiger partial charge in [-0.3, -0.25) is 29.0 Å². The number of ether oxygens (including phenoxy) is 1. The molecule has 4 aliphatic rings. The van der Waals surface area contributed by atoms with Crippen LogP contribution in [-0.4, -0.2) is 63.6 Å². The Bertz CT molecular complexity index is 1470. The predicted octanol–water partition coefficient (Wildman–Crippen LogP) is 3.81. The van der Waals surface area contributed by atoms with Crippen molar-refractivity contribution in [2.24, 2.45) is 17.8 Å². The Labute approximate surface area is 247 Å². The summed E-state index contributed by atoms with van der Waals surface area (Å²) in [4.78, 5) is 53.5. The lowest BCUT2D eigenvalue weighted by Crippen LogP contribution is -2.60. The first kappa shape index (κ1) is 27.9. The van der Waals surface area contributed by atoms with Gasteiger partial charge in [-0.05, 0) is 60.6 Å². The molecule has 1 saturated carbocycles. The van der Waals surface area contributed by atoms with Crippen LogP contribution in [-0.2, 0) is 25.6 Å². The molecule has 6 unspecified atom stereocenters. The molecule has 2 aliphatic heterocycles. The van der Waals surface area contributed by atoms with Crippen molar-refractivity contribution in [2.45, 2.75) is 41.9 Å². The highest BCUT2D eigenvalue weighted by molar-refractivity contribution is 6.53. The Hall–Kier alpha value is -3.20. The highest BCUT2D eigenvalue weighted by atomic mass is 35.5. The Morgan fingerprint density at radius 1 is 0.951 bits per heavy atom. The van der Waals surface area contributed by atoms with E-state index < -0.39 is 45.2 Å². The third-order valence-electron chi connectivity index (χ3n) is 9.19. The van der Waals surface area contributed by atoms with Crippen LogP contribution in [0.5, 0.6) is 5.75 Å². The fourth-order valence-electron chi connectivity index (χ4n) is 7.17. The monoisotopic (exact) mass is 596 g/mol. The number of imide groups is 2. The topological polar surface area (TPSA) is 104 Å². The molecule has 4 amide bonds. The van der Waals surface area contributed by atoms with Crippen LogP contribution in [0, 0.1) is 17.8 Å². The molecule has 10 heteroatoms. The first-order valence-electron chi connectivity index (χ1n) is 13.8. The van der Waals surface area contributed by atoms with Crippen LogP contribution < -0.4 is 9.64 Å². The number of carbonyl (C=O) groups excluding carboxylic acids is 4. The summed E-state index contributed by atoms with van der Waals surface area (Å²) in [5.41, 5.74) is 2.98. The maximum Gasteiger partial charge on any atom is 0.253 e. The van der Waals surface area contributed by atoms with Crippen LogP contribution in [0.15, 0.2) is 60.2 Å². The highest BCUT2D eigenvalue weighted by Crippen LogP contribution is 2.65. The minimum absolute atomic E-state index is 0.0458. The molecule has 2 saturated heterocycles. The van der Waals surface area contributed by atoms with E-state index in [0.29, 0.717) is 23.4 Å². The molecule has 0 aromatic heterocycles. The van der Waals surface area contributed by atoms with Crippen LogP contribution in [0.3, 0.4) is 0 Å².